The highest BCUT2D eigenvalue weighted by Gasteiger charge is 2.16. The minimum absolute atomic E-state index is 0.00674. The van der Waals surface area contributed by atoms with E-state index in [9.17, 15) is 4.79 Å². The van der Waals surface area contributed by atoms with E-state index in [1.165, 1.54) is 0 Å². The molecule has 4 nitrogen and oxygen atoms in total. The number of hydrogen-bond donors (Lipinski definition) is 0. The van der Waals surface area contributed by atoms with Crippen LogP contribution in [0.15, 0.2) is 5.51 Å². The monoisotopic (exact) mass is 256 g/mol. The van der Waals surface area contributed by atoms with Crippen molar-refractivity contribution in [1.82, 2.24) is 9.88 Å². The molecule has 0 radical (unpaired) electrons. The molecule has 0 saturated carbocycles. The van der Waals surface area contributed by atoms with Gasteiger partial charge in [-0.1, -0.05) is 0 Å². The van der Waals surface area contributed by atoms with E-state index >= 15 is 0 Å². The van der Waals surface area contributed by atoms with Gasteiger partial charge in [0.1, 0.15) is 6.61 Å². The first-order chi connectivity index (χ1) is 7.79. The summed E-state index contributed by atoms with van der Waals surface area (Å²) in [5.74, 6) is -0.00674. The lowest BCUT2D eigenvalue weighted by Crippen LogP contribution is -2.33. The first kappa shape index (κ1) is 14.1. The van der Waals surface area contributed by atoms with Crippen molar-refractivity contribution in [2.24, 2.45) is 0 Å². The number of aryl methyl sites for hydroxylation is 1. The fourth-order valence-corrected chi connectivity index (χ4v) is 2.00. The number of amides is 1. The number of aromatic nitrogens is 1. The van der Waals surface area contributed by atoms with Gasteiger partial charge in [0.25, 0.3) is 0 Å². The number of thiazole rings is 1. The molecule has 1 rings (SSSR count). The quantitative estimate of drug-likeness (QED) is 0.829. The van der Waals surface area contributed by atoms with E-state index in [4.69, 9.17) is 4.74 Å². The molecule has 96 valence electrons. The van der Waals surface area contributed by atoms with Crippen molar-refractivity contribution >= 4 is 17.2 Å². The van der Waals surface area contributed by atoms with Crippen LogP contribution in [0.2, 0.25) is 0 Å². The summed E-state index contributed by atoms with van der Waals surface area (Å²) in [7, 11) is 1.79. The highest BCUT2D eigenvalue weighted by molar-refractivity contribution is 7.09. The Kier molecular flexibility index (Phi) is 4.65. The van der Waals surface area contributed by atoms with Gasteiger partial charge in [-0.2, -0.15) is 0 Å². The Morgan fingerprint density at radius 2 is 2.18 bits per heavy atom. The van der Waals surface area contributed by atoms with Crippen molar-refractivity contribution in [3.8, 4) is 0 Å². The maximum atomic E-state index is 11.8. The van der Waals surface area contributed by atoms with Gasteiger partial charge in [-0.15, -0.1) is 11.3 Å². The Bertz CT molecular complexity index is 382. The molecule has 5 heteroatoms. The second kappa shape index (κ2) is 5.60. The summed E-state index contributed by atoms with van der Waals surface area (Å²) in [6.07, 6.45) is 0. The maximum absolute atomic E-state index is 11.8. The summed E-state index contributed by atoms with van der Waals surface area (Å²) in [6.45, 7) is 8.49. The lowest BCUT2D eigenvalue weighted by Gasteiger charge is -2.22. The van der Waals surface area contributed by atoms with Gasteiger partial charge in [-0.3, -0.25) is 4.79 Å². The van der Waals surface area contributed by atoms with Crippen LogP contribution in [0.5, 0.6) is 0 Å². The molecule has 0 atom stereocenters. The van der Waals surface area contributed by atoms with Crippen molar-refractivity contribution in [3.05, 3.63) is 16.1 Å². The molecule has 0 aliphatic heterocycles. The highest BCUT2D eigenvalue weighted by atomic mass is 32.1. The van der Waals surface area contributed by atoms with Crippen LogP contribution in [0, 0.1) is 6.92 Å². The third-order valence-electron chi connectivity index (χ3n) is 2.28. The fourth-order valence-electron chi connectivity index (χ4n) is 1.17. The molecule has 0 bridgehead atoms. The summed E-state index contributed by atoms with van der Waals surface area (Å²) in [6, 6.07) is 0. The standard InChI is InChI=1S/C12H20N2O2S/c1-9-10(17-8-13-9)6-14(5)11(15)7-16-12(2,3)4/h8H,6-7H2,1-5H3. The number of carbonyl (C=O) groups is 1. The highest BCUT2D eigenvalue weighted by Crippen LogP contribution is 2.14. The topological polar surface area (TPSA) is 42.4 Å². The second-order valence-corrected chi connectivity index (χ2v) is 5.95. The van der Waals surface area contributed by atoms with Gasteiger partial charge >= 0.3 is 0 Å². The zero-order valence-corrected chi connectivity index (χ0v) is 11.9. The van der Waals surface area contributed by atoms with Crippen LogP contribution in [-0.4, -0.2) is 35.0 Å². The van der Waals surface area contributed by atoms with Crippen molar-refractivity contribution < 1.29 is 9.53 Å². The maximum Gasteiger partial charge on any atom is 0.248 e. The summed E-state index contributed by atoms with van der Waals surface area (Å²) in [5.41, 5.74) is 2.51. The zero-order chi connectivity index (χ0) is 13.1. The second-order valence-electron chi connectivity index (χ2n) is 5.01. The summed E-state index contributed by atoms with van der Waals surface area (Å²) in [4.78, 5) is 18.8. The Morgan fingerprint density at radius 3 is 2.65 bits per heavy atom. The minimum atomic E-state index is -0.281. The molecule has 0 aliphatic rings. The van der Waals surface area contributed by atoms with E-state index in [0.717, 1.165) is 10.6 Å². The molecule has 0 unspecified atom stereocenters. The number of ether oxygens (including phenoxy) is 1. The fraction of sp³-hybridized carbons (Fsp3) is 0.667. The minimum Gasteiger partial charge on any atom is -0.366 e. The van der Waals surface area contributed by atoms with Gasteiger partial charge < -0.3 is 9.64 Å². The first-order valence-electron chi connectivity index (χ1n) is 5.56. The summed E-state index contributed by atoms with van der Waals surface area (Å²) >= 11 is 1.57. The Hall–Kier alpha value is -0.940. The third kappa shape index (κ3) is 4.83. The van der Waals surface area contributed by atoms with Crippen LogP contribution in [0.4, 0.5) is 0 Å². The summed E-state index contributed by atoms with van der Waals surface area (Å²) in [5, 5.41) is 0. The molecule has 0 aliphatic carbocycles. The molecule has 0 saturated heterocycles. The molecule has 0 aromatic carbocycles. The van der Waals surface area contributed by atoms with Crippen molar-refractivity contribution in [1.29, 1.82) is 0 Å². The molecule has 17 heavy (non-hydrogen) atoms. The Labute approximate surface area is 107 Å². The molecule has 1 aromatic heterocycles. The molecule has 0 spiro atoms. The van der Waals surface area contributed by atoms with Crippen LogP contribution in [0.3, 0.4) is 0 Å². The Morgan fingerprint density at radius 1 is 1.53 bits per heavy atom. The van der Waals surface area contributed by atoms with Crippen LogP contribution in [0.1, 0.15) is 31.3 Å². The molecule has 0 N–H and O–H groups in total. The zero-order valence-electron chi connectivity index (χ0n) is 11.1. The molecular formula is C12H20N2O2S. The first-order valence-corrected chi connectivity index (χ1v) is 6.44. The SMILES string of the molecule is Cc1ncsc1CN(C)C(=O)COC(C)(C)C. The van der Waals surface area contributed by atoms with Crippen LogP contribution >= 0.6 is 11.3 Å². The van der Waals surface area contributed by atoms with E-state index in [-0.39, 0.29) is 18.1 Å². The van der Waals surface area contributed by atoms with E-state index in [1.807, 2.05) is 27.7 Å². The smallest absolute Gasteiger partial charge is 0.248 e. The van der Waals surface area contributed by atoms with Crippen molar-refractivity contribution in [2.75, 3.05) is 13.7 Å². The van der Waals surface area contributed by atoms with Crippen molar-refractivity contribution in [3.63, 3.8) is 0 Å². The number of hydrogen-bond acceptors (Lipinski definition) is 4. The number of carbonyl (C=O) groups excluding carboxylic acids is 1. The van der Waals surface area contributed by atoms with Crippen LogP contribution in [-0.2, 0) is 16.1 Å². The van der Waals surface area contributed by atoms with Gasteiger partial charge in [-0.25, -0.2) is 4.98 Å². The van der Waals surface area contributed by atoms with Crippen LogP contribution < -0.4 is 0 Å². The molecule has 1 aromatic rings. The molecule has 1 amide bonds. The van der Waals surface area contributed by atoms with Gasteiger partial charge in [0, 0.05) is 11.9 Å². The predicted molar refractivity (Wildman–Crippen MR) is 69.0 cm³/mol. The average Bonchev–Trinajstić information content (AvgIpc) is 2.59. The number of rotatable bonds is 4. The lowest BCUT2D eigenvalue weighted by molar-refractivity contribution is -0.140. The normalized spacial score (nSPS) is 11.6. The van der Waals surface area contributed by atoms with Gasteiger partial charge in [0.15, 0.2) is 0 Å². The number of likely N-dealkylation sites (N-methyl/N-ethyl adjacent to an activating group) is 1. The van der Waals surface area contributed by atoms with E-state index in [2.05, 4.69) is 4.98 Å². The summed E-state index contributed by atoms with van der Waals surface area (Å²) < 4.78 is 5.46. The Balaban J connectivity index is 2.45. The molecular weight excluding hydrogens is 236 g/mol. The van der Waals surface area contributed by atoms with Gasteiger partial charge in [0.2, 0.25) is 5.91 Å². The van der Waals surface area contributed by atoms with E-state index in [1.54, 1.807) is 28.8 Å². The molecule has 1 heterocycles. The van der Waals surface area contributed by atoms with E-state index in [0.29, 0.717) is 6.54 Å². The predicted octanol–water partition coefficient (Wildman–Crippen LogP) is 2.23. The van der Waals surface area contributed by atoms with Gasteiger partial charge in [0.05, 0.1) is 23.4 Å². The van der Waals surface area contributed by atoms with Crippen LogP contribution in [0.25, 0.3) is 0 Å². The van der Waals surface area contributed by atoms with E-state index < -0.39 is 0 Å². The third-order valence-corrected chi connectivity index (χ3v) is 3.20. The average molecular weight is 256 g/mol. The van der Waals surface area contributed by atoms with Gasteiger partial charge in [-0.05, 0) is 27.7 Å². The molecule has 0 fully saturated rings. The largest absolute Gasteiger partial charge is 0.366 e. The number of nitrogens with zero attached hydrogens (tertiary/aromatic N) is 2. The lowest BCUT2D eigenvalue weighted by atomic mass is 10.2. The van der Waals surface area contributed by atoms with Crippen molar-refractivity contribution in [2.45, 2.75) is 39.8 Å².